The van der Waals surface area contributed by atoms with Crippen LogP contribution >= 0.6 is 0 Å². The normalized spacial score (nSPS) is 37.5. The van der Waals surface area contributed by atoms with Gasteiger partial charge in [0.05, 0.1) is 6.10 Å². The topological polar surface area (TPSA) is 24.5 Å². The monoisotopic (exact) mass is 226 g/mol. The van der Waals surface area contributed by atoms with Gasteiger partial charge in [0.1, 0.15) is 0 Å². The molecule has 0 aromatic heterocycles. The second-order valence-corrected chi connectivity index (χ2v) is 5.49. The molecular weight excluding hydrogens is 200 g/mol. The largest absolute Gasteiger partial charge is 0.381 e. The van der Waals surface area contributed by atoms with Crippen molar-refractivity contribution >= 4 is 0 Å². The lowest BCUT2D eigenvalue weighted by Crippen LogP contribution is -2.50. The molecule has 94 valence electrons. The van der Waals surface area contributed by atoms with E-state index in [4.69, 9.17) is 4.74 Å². The van der Waals surface area contributed by atoms with Crippen molar-refractivity contribution < 1.29 is 4.74 Å². The molecule has 2 fully saturated rings. The summed E-state index contributed by atoms with van der Waals surface area (Å²) in [6, 6.07) is 0.670. The van der Waals surface area contributed by atoms with Crippen LogP contribution in [0.4, 0.5) is 0 Å². The van der Waals surface area contributed by atoms with Gasteiger partial charge in [-0.1, -0.05) is 0 Å². The third kappa shape index (κ3) is 3.44. The fraction of sp³-hybridized carbons (Fsp3) is 1.00. The maximum absolute atomic E-state index is 5.42. The molecule has 16 heavy (non-hydrogen) atoms. The number of ether oxygens (including phenoxy) is 1. The molecule has 3 heteroatoms. The molecule has 1 N–H and O–H groups in total. The van der Waals surface area contributed by atoms with E-state index in [-0.39, 0.29) is 0 Å². The smallest absolute Gasteiger partial charge is 0.0571 e. The van der Waals surface area contributed by atoms with E-state index in [1.165, 1.54) is 45.3 Å². The molecule has 0 spiro atoms. The first-order chi connectivity index (χ1) is 7.78. The van der Waals surface area contributed by atoms with Crippen molar-refractivity contribution in [3.8, 4) is 0 Å². The van der Waals surface area contributed by atoms with Gasteiger partial charge in [-0.2, -0.15) is 0 Å². The Kier molecular flexibility index (Phi) is 4.62. The van der Waals surface area contributed by atoms with Crippen LogP contribution in [0.5, 0.6) is 0 Å². The molecule has 2 aliphatic rings. The molecular formula is C13H26N2O. The Labute approximate surface area is 99.5 Å². The van der Waals surface area contributed by atoms with Crippen molar-refractivity contribution in [1.29, 1.82) is 0 Å². The molecule has 1 atom stereocenters. The molecule has 0 radical (unpaired) electrons. The van der Waals surface area contributed by atoms with Crippen molar-refractivity contribution in [3.63, 3.8) is 0 Å². The van der Waals surface area contributed by atoms with E-state index in [1.807, 2.05) is 7.11 Å². The van der Waals surface area contributed by atoms with Crippen molar-refractivity contribution in [2.45, 2.75) is 44.8 Å². The van der Waals surface area contributed by atoms with Crippen LogP contribution in [0.3, 0.4) is 0 Å². The van der Waals surface area contributed by atoms with Crippen LogP contribution in [0.1, 0.15) is 32.6 Å². The van der Waals surface area contributed by atoms with Crippen LogP contribution in [-0.4, -0.2) is 50.3 Å². The predicted molar refractivity (Wildman–Crippen MR) is 66.7 cm³/mol. The highest BCUT2D eigenvalue weighted by molar-refractivity contribution is 4.80. The molecule has 0 amide bonds. The molecule has 0 bridgehead atoms. The highest BCUT2D eigenvalue weighted by Crippen LogP contribution is 2.26. The van der Waals surface area contributed by atoms with Crippen LogP contribution in [0, 0.1) is 5.92 Å². The summed E-state index contributed by atoms with van der Waals surface area (Å²) in [6.07, 6.45) is 5.79. The summed E-state index contributed by atoms with van der Waals surface area (Å²) in [6.45, 7) is 7.21. The van der Waals surface area contributed by atoms with Crippen LogP contribution in [0.25, 0.3) is 0 Å². The molecule has 2 rings (SSSR count). The first-order valence-electron chi connectivity index (χ1n) is 6.76. The second-order valence-electron chi connectivity index (χ2n) is 5.49. The van der Waals surface area contributed by atoms with Gasteiger partial charge in [0.25, 0.3) is 0 Å². The lowest BCUT2D eigenvalue weighted by Gasteiger charge is -2.36. The molecule has 1 aliphatic heterocycles. The third-order valence-corrected chi connectivity index (χ3v) is 4.10. The van der Waals surface area contributed by atoms with Crippen LogP contribution in [-0.2, 0) is 4.74 Å². The molecule has 1 saturated heterocycles. The number of nitrogens with one attached hydrogen (secondary N) is 1. The van der Waals surface area contributed by atoms with E-state index in [2.05, 4.69) is 17.1 Å². The molecule has 3 nitrogen and oxygen atoms in total. The highest BCUT2D eigenvalue weighted by atomic mass is 16.5. The van der Waals surface area contributed by atoms with E-state index < -0.39 is 0 Å². The Balaban J connectivity index is 1.69. The fourth-order valence-corrected chi connectivity index (χ4v) is 3.09. The van der Waals surface area contributed by atoms with Crippen molar-refractivity contribution in [2.24, 2.45) is 5.92 Å². The van der Waals surface area contributed by atoms with Crippen molar-refractivity contribution in [3.05, 3.63) is 0 Å². The average Bonchev–Trinajstić information content (AvgIpc) is 2.30. The van der Waals surface area contributed by atoms with Crippen molar-refractivity contribution in [2.75, 3.05) is 33.3 Å². The van der Waals surface area contributed by atoms with E-state index in [0.717, 1.165) is 12.5 Å². The minimum Gasteiger partial charge on any atom is -0.381 e. The maximum Gasteiger partial charge on any atom is 0.0571 e. The van der Waals surface area contributed by atoms with Gasteiger partial charge >= 0.3 is 0 Å². The van der Waals surface area contributed by atoms with Gasteiger partial charge in [0.15, 0.2) is 0 Å². The van der Waals surface area contributed by atoms with E-state index >= 15 is 0 Å². The Bertz CT molecular complexity index is 202. The summed E-state index contributed by atoms with van der Waals surface area (Å²) >= 11 is 0. The van der Waals surface area contributed by atoms with Crippen LogP contribution in [0.15, 0.2) is 0 Å². The summed E-state index contributed by atoms with van der Waals surface area (Å²) in [5.41, 5.74) is 0. The van der Waals surface area contributed by atoms with Crippen LogP contribution in [0.2, 0.25) is 0 Å². The Morgan fingerprint density at radius 1 is 1.25 bits per heavy atom. The Hall–Kier alpha value is -0.120. The minimum absolute atomic E-state index is 0.540. The molecule has 1 heterocycles. The van der Waals surface area contributed by atoms with Gasteiger partial charge in [0.2, 0.25) is 0 Å². The predicted octanol–water partition coefficient (Wildman–Crippen LogP) is 1.49. The number of hydrogen-bond donors (Lipinski definition) is 1. The highest BCUT2D eigenvalue weighted by Gasteiger charge is 2.24. The number of rotatable bonds is 3. The molecule has 0 unspecified atom stereocenters. The summed E-state index contributed by atoms with van der Waals surface area (Å²) in [4.78, 5) is 2.64. The quantitative estimate of drug-likeness (QED) is 0.789. The van der Waals surface area contributed by atoms with Gasteiger partial charge < -0.3 is 15.0 Å². The lowest BCUT2D eigenvalue weighted by molar-refractivity contribution is 0.0474. The SMILES string of the molecule is COC1CCC(CN2CCN[C@@H](C)C2)CC1. The molecule has 0 aromatic carbocycles. The average molecular weight is 226 g/mol. The zero-order valence-electron chi connectivity index (χ0n) is 10.7. The van der Waals surface area contributed by atoms with Crippen LogP contribution < -0.4 is 5.32 Å². The minimum atomic E-state index is 0.540. The zero-order chi connectivity index (χ0) is 11.4. The van der Waals surface area contributed by atoms with Gasteiger partial charge in [-0.05, 0) is 38.5 Å². The van der Waals surface area contributed by atoms with E-state index in [1.54, 1.807) is 0 Å². The summed E-state index contributed by atoms with van der Waals surface area (Å²) in [5, 5.41) is 3.50. The van der Waals surface area contributed by atoms with E-state index in [0.29, 0.717) is 12.1 Å². The molecule has 1 saturated carbocycles. The lowest BCUT2D eigenvalue weighted by atomic mass is 9.87. The molecule has 0 aromatic rings. The molecule has 1 aliphatic carbocycles. The Morgan fingerprint density at radius 2 is 2.00 bits per heavy atom. The number of nitrogens with zero attached hydrogens (tertiary/aromatic N) is 1. The van der Waals surface area contributed by atoms with Crippen molar-refractivity contribution in [1.82, 2.24) is 10.2 Å². The standard InChI is InChI=1S/C13H26N2O/c1-11-9-15(8-7-14-11)10-12-3-5-13(16-2)6-4-12/h11-14H,3-10H2,1-2H3/t11-,12?,13?/m0/s1. The zero-order valence-corrected chi connectivity index (χ0v) is 10.7. The van der Waals surface area contributed by atoms with Gasteiger partial charge in [-0.15, -0.1) is 0 Å². The maximum atomic E-state index is 5.42. The second kappa shape index (κ2) is 5.99. The number of piperazine rings is 1. The number of methoxy groups -OCH3 is 1. The number of hydrogen-bond acceptors (Lipinski definition) is 3. The van der Waals surface area contributed by atoms with Gasteiger partial charge in [-0.3, -0.25) is 0 Å². The van der Waals surface area contributed by atoms with E-state index in [9.17, 15) is 0 Å². The fourth-order valence-electron chi connectivity index (χ4n) is 3.09. The first kappa shape index (κ1) is 12.3. The summed E-state index contributed by atoms with van der Waals surface area (Å²) < 4.78 is 5.42. The summed E-state index contributed by atoms with van der Waals surface area (Å²) in [7, 11) is 1.85. The van der Waals surface area contributed by atoms with Gasteiger partial charge in [-0.25, -0.2) is 0 Å². The first-order valence-corrected chi connectivity index (χ1v) is 6.76. The summed E-state index contributed by atoms with van der Waals surface area (Å²) in [5.74, 6) is 0.914. The Morgan fingerprint density at radius 3 is 2.62 bits per heavy atom. The third-order valence-electron chi connectivity index (χ3n) is 4.10. The van der Waals surface area contributed by atoms with Gasteiger partial charge in [0, 0.05) is 39.3 Å².